The van der Waals surface area contributed by atoms with Crippen LogP contribution in [0, 0.1) is 18.7 Å². The number of methoxy groups -OCH3 is 1. The van der Waals surface area contributed by atoms with Crippen LogP contribution in [0.5, 0.6) is 5.75 Å². The molecule has 1 aliphatic rings. The molecule has 0 saturated carbocycles. The van der Waals surface area contributed by atoms with Crippen molar-refractivity contribution in [2.45, 2.75) is 19.9 Å². The molecule has 1 N–H and O–H groups in total. The zero-order chi connectivity index (χ0) is 22.8. The zero-order valence-corrected chi connectivity index (χ0v) is 17.8. The van der Waals surface area contributed by atoms with Gasteiger partial charge in [0.1, 0.15) is 17.4 Å². The molecule has 1 aromatic heterocycles. The van der Waals surface area contributed by atoms with Gasteiger partial charge < -0.3 is 15.0 Å². The predicted octanol–water partition coefficient (Wildman–Crippen LogP) is 2.02. The minimum absolute atomic E-state index is 0.0969. The summed E-state index contributed by atoms with van der Waals surface area (Å²) in [4.78, 5) is 43.8. The number of carbonyl (C=O) groups is 2. The number of aryl methyl sites for hydroxylation is 1. The van der Waals surface area contributed by atoms with E-state index in [9.17, 15) is 18.8 Å². The molecule has 2 aromatic carbocycles. The number of ether oxygens (including phenoxy) is 1. The van der Waals surface area contributed by atoms with E-state index in [1.165, 1.54) is 23.8 Å². The molecule has 3 aromatic rings. The normalized spacial score (nSPS) is 15.9. The van der Waals surface area contributed by atoms with Gasteiger partial charge in [-0.1, -0.05) is 12.1 Å². The molecule has 1 atom stereocenters. The number of hydrogen-bond donors (Lipinski definition) is 1. The Balaban J connectivity index is 1.42. The highest BCUT2D eigenvalue weighted by molar-refractivity contribution is 6.01. The highest BCUT2D eigenvalue weighted by Crippen LogP contribution is 2.32. The molecule has 166 valence electrons. The first-order valence-electron chi connectivity index (χ1n) is 10.3. The zero-order valence-electron chi connectivity index (χ0n) is 17.8. The first-order chi connectivity index (χ1) is 15.4. The Labute approximate surface area is 183 Å². The number of carbonyl (C=O) groups excluding carboxylic acids is 2. The number of halogens is 1. The van der Waals surface area contributed by atoms with Gasteiger partial charge in [-0.15, -0.1) is 0 Å². The van der Waals surface area contributed by atoms with Gasteiger partial charge >= 0.3 is 0 Å². The van der Waals surface area contributed by atoms with Crippen LogP contribution in [0.25, 0.3) is 10.9 Å². The number of benzene rings is 2. The van der Waals surface area contributed by atoms with Crippen LogP contribution < -0.4 is 20.5 Å². The monoisotopic (exact) mass is 438 g/mol. The van der Waals surface area contributed by atoms with Crippen molar-refractivity contribution in [2.75, 3.05) is 25.1 Å². The summed E-state index contributed by atoms with van der Waals surface area (Å²) in [6.07, 6.45) is 0.0969. The van der Waals surface area contributed by atoms with Crippen LogP contribution in [-0.2, 0) is 16.1 Å². The van der Waals surface area contributed by atoms with Crippen molar-refractivity contribution in [3.05, 3.63) is 64.5 Å². The molecule has 1 saturated heterocycles. The number of fused-ring (bicyclic) bond motifs is 1. The summed E-state index contributed by atoms with van der Waals surface area (Å²) in [5.74, 6) is -0.387. The molecule has 0 radical (unpaired) electrons. The fourth-order valence-electron chi connectivity index (χ4n) is 3.97. The molecule has 4 rings (SSSR count). The lowest BCUT2D eigenvalue weighted by atomic mass is 10.1. The lowest BCUT2D eigenvalue weighted by Gasteiger charge is -2.19. The fraction of sp³-hybridized carbons (Fsp3) is 0.304. The summed E-state index contributed by atoms with van der Waals surface area (Å²) in [5, 5.41) is 2.99. The van der Waals surface area contributed by atoms with Crippen molar-refractivity contribution in [2.24, 2.45) is 5.92 Å². The van der Waals surface area contributed by atoms with E-state index >= 15 is 0 Å². The second kappa shape index (κ2) is 8.78. The van der Waals surface area contributed by atoms with Crippen molar-refractivity contribution in [3.63, 3.8) is 0 Å². The number of anilines is 1. The van der Waals surface area contributed by atoms with Gasteiger partial charge in [-0.2, -0.15) is 0 Å². The van der Waals surface area contributed by atoms with E-state index < -0.39 is 11.7 Å². The second-order valence-corrected chi connectivity index (χ2v) is 7.65. The molecule has 0 unspecified atom stereocenters. The second-order valence-electron chi connectivity index (χ2n) is 7.65. The minimum Gasteiger partial charge on any atom is -0.495 e. The fourth-order valence-corrected chi connectivity index (χ4v) is 3.97. The van der Waals surface area contributed by atoms with E-state index in [4.69, 9.17) is 4.74 Å². The number of aromatic nitrogens is 2. The molecule has 2 amide bonds. The van der Waals surface area contributed by atoms with Crippen LogP contribution in [0.3, 0.4) is 0 Å². The van der Waals surface area contributed by atoms with Gasteiger partial charge in [-0.25, -0.2) is 9.37 Å². The Morgan fingerprint density at radius 3 is 2.81 bits per heavy atom. The van der Waals surface area contributed by atoms with Gasteiger partial charge in [0.2, 0.25) is 11.8 Å². The van der Waals surface area contributed by atoms with Crippen molar-refractivity contribution < 1.29 is 18.7 Å². The third kappa shape index (κ3) is 4.05. The maximum Gasteiger partial charge on any atom is 0.261 e. The van der Waals surface area contributed by atoms with E-state index in [2.05, 4.69) is 10.3 Å². The summed E-state index contributed by atoms with van der Waals surface area (Å²) in [6, 6.07) is 11.1. The van der Waals surface area contributed by atoms with Gasteiger partial charge in [0.05, 0.1) is 29.6 Å². The number of amides is 2. The highest BCUT2D eigenvalue weighted by Gasteiger charge is 2.36. The molecule has 0 aliphatic carbocycles. The largest absolute Gasteiger partial charge is 0.495 e. The average molecular weight is 438 g/mol. The van der Waals surface area contributed by atoms with Gasteiger partial charge in [0.25, 0.3) is 5.56 Å². The SMILES string of the molecule is COc1ccccc1N1C[C@H](C(=O)NCCn2c(C)nc3ccc(F)cc3c2=O)CC1=O. The summed E-state index contributed by atoms with van der Waals surface area (Å²) >= 11 is 0. The van der Waals surface area contributed by atoms with Crippen molar-refractivity contribution in [1.82, 2.24) is 14.9 Å². The summed E-state index contributed by atoms with van der Waals surface area (Å²) < 4.78 is 20.3. The predicted molar refractivity (Wildman–Crippen MR) is 117 cm³/mol. The van der Waals surface area contributed by atoms with E-state index in [0.29, 0.717) is 22.8 Å². The van der Waals surface area contributed by atoms with Crippen LogP contribution in [-0.4, -0.2) is 41.6 Å². The Hall–Kier alpha value is -3.75. The van der Waals surface area contributed by atoms with Gasteiger partial charge in [-0.05, 0) is 37.3 Å². The standard InChI is InChI=1S/C23H23FN4O4/c1-14-26-18-8-7-16(24)12-17(18)23(31)27(14)10-9-25-22(30)15-11-21(29)28(13-15)19-5-3-4-6-20(19)32-2/h3-8,12,15H,9-11,13H2,1-2H3,(H,25,30)/t15-/m1/s1. The van der Waals surface area contributed by atoms with Gasteiger partial charge in [0, 0.05) is 26.1 Å². The van der Waals surface area contributed by atoms with Crippen molar-refractivity contribution in [1.29, 1.82) is 0 Å². The number of nitrogens with zero attached hydrogens (tertiary/aromatic N) is 3. The van der Waals surface area contributed by atoms with Crippen LogP contribution >= 0.6 is 0 Å². The van der Waals surface area contributed by atoms with Crippen molar-refractivity contribution >= 4 is 28.4 Å². The Kier molecular flexibility index (Phi) is 5.89. The van der Waals surface area contributed by atoms with E-state index in [0.717, 1.165) is 6.07 Å². The number of rotatable bonds is 6. The maximum absolute atomic E-state index is 13.5. The summed E-state index contributed by atoms with van der Waals surface area (Å²) in [6.45, 7) is 2.31. The number of hydrogen-bond acceptors (Lipinski definition) is 5. The molecule has 9 heteroatoms. The van der Waals surface area contributed by atoms with Crippen LogP contribution in [0.15, 0.2) is 47.3 Å². The van der Waals surface area contributed by atoms with Gasteiger partial charge in [-0.3, -0.25) is 19.0 Å². The molecule has 2 heterocycles. The minimum atomic E-state index is -0.509. The molecule has 0 spiro atoms. The first-order valence-corrected chi connectivity index (χ1v) is 10.3. The lowest BCUT2D eigenvalue weighted by molar-refractivity contribution is -0.126. The van der Waals surface area contributed by atoms with E-state index in [1.807, 2.05) is 12.1 Å². The molecule has 0 bridgehead atoms. The smallest absolute Gasteiger partial charge is 0.261 e. The van der Waals surface area contributed by atoms with Crippen molar-refractivity contribution in [3.8, 4) is 5.75 Å². The van der Waals surface area contributed by atoms with Crippen LogP contribution in [0.2, 0.25) is 0 Å². The Morgan fingerprint density at radius 1 is 1.25 bits per heavy atom. The third-order valence-corrected chi connectivity index (χ3v) is 5.61. The summed E-state index contributed by atoms with van der Waals surface area (Å²) in [5.41, 5.74) is 0.696. The third-order valence-electron chi connectivity index (χ3n) is 5.61. The highest BCUT2D eigenvalue weighted by atomic mass is 19.1. The van der Waals surface area contributed by atoms with Gasteiger partial charge in [0.15, 0.2) is 0 Å². The summed E-state index contributed by atoms with van der Waals surface area (Å²) in [7, 11) is 1.53. The Morgan fingerprint density at radius 2 is 2.03 bits per heavy atom. The maximum atomic E-state index is 13.5. The Bertz CT molecular complexity index is 1260. The molecular weight excluding hydrogens is 415 g/mol. The molecule has 8 nitrogen and oxygen atoms in total. The average Bonchev–Trinajstić information content (AvgIpc) is 3.18. The molecular formula is C23H23FN4O4. The van der Waals surface area contributed by atoms with Crippen LogP contribution in [0.4, 0.5) is 10.1 Å². The quantitative estimate of drug-likeness (QED) is 0.636. The van der Waals surface area contributed by atoms with E-state index in [1.54, 1.807) is 24.0 Å². The molecule has 1 aliphatic heterocycles. The number of para-hydroxylation sites is 2. The van der Waals surface area contributed by atoms with Crippen LogP contribution in [0.1, 0.15) is 12.2 Å². The topological polar surface area (TPSA) is 93.5 Å². The molecule has 32 heavy (non-hydrogen) atoms. The van der Waals surface area contributed by atoms with E-state index in [-0.39, 0.29) is 48.8 Å². The lowest BCUT2D eigenvalue weighted by Crippen LogP contribution is -2.36. The first kappa shape index (κ1) is 21.5. The number of nitrogens with one attached hydrogen (secondary N) is 1. The molecule has 1 fully saturated rings.